The van der Waals surface area contributed by atoms with Crippen LogP contribution in [0.15, 0.2) is 18.5 Å². The molecule has 0 saturated carbocycles. The summed E-state index contributed by atoms with van der Waals surface area (Å²) in [5.74, 6) is -0.273. The summed E-state index contributed by atoms with van der Waals surface area (Å²) < 4.78 is 26.3. The van der Waals surface area contributed by atoms with Crippen molar-refractivity contribution in [3.63, 3.8) is 0 Å². The first kappa shape index (κ1) is 17.0. The molecule has 0 aliphatic carbocycles. The number of piperidine rings is 1. The normalized spacial score (nSPS) is 21.1. The third-order valence-corrected chi connectivity index (χ3v) is 6.87. The van der Waals surface area contributed by atoms with Crippen molar-refractivity contribution in [1.29, 1.82) is 0 Å². The molecule has 124 valence electrons. The van der Waals surface area contributed by atoms with Crippen LogP contribution in [0.25, 0.3) is 0 Å². The molecule has 2 rings (SSSR count). The average Bonchev–Trinajstić information content (AvgIpc) is 2.99. The highest BCUT2D eigenvalue weighted by molar-refractivity contribution is 7.93. The lowest BCUT2D eigenvalue weighted by Crippen LogP contribution is -2.51. The van der Waals surface area contributed by atoms with E-state index in [2.05, 4.69) is 5.10 Å². The van der Waals surface area contributed by atoms with E-state index in [1.807, 2.05) is 12.3 Å². The van der Waals surface area contributed by atoms with Crippen LogP contribution >= 0.6 is 0 Å². The van der Waals surface area contributed by atoms with Crippen LogP contribution in [0, 0.1) is 0 Å². The van der Waals surface area contributed by atoms with E-state index in [0.29, 0.717) is 13.1 Å². The Kier molecular flexibility index (Phi) is 5.26. The molecule has 1 aromatic heterocycles. The number of sulfone groups is 1. The van der Waals surface area contributed by atoms with Crippen LogP contribution in [0.1, 0.15) is 40.0 Å². The fourth-order valence-electron chi connectivity index (χ4n) is 2.89. The number of rotatable bonds is 5. The molecule has 0 radical (unpaired) electrons. The molecule has 7 heteroatoms. The Morgan fingerprint density at radius 2 is 2.05 bits per heavy atom. The number of carbonyl (C=O) groups excluding carboxylic acids is 1. The molecule has 22 heavy (non-hydrogen) atoms. The van der Waals surface area contributed by atoms with Crippen LogP contribution in [0.5, 0.6) is 0 Å². The Labute approximate surface area is 132 Å². The van der Waals surface area contributed by atoms with Gasteiger partial charge in [-0.15, -0.1) is 0 Å². The second-order valence-electron chi connectivity index (χ2n) is 6.19. The lowest BCUT2D eigenvalue weighted by molar-refractivity contribution is -0.134. The predicted octanol–water partition coefficient (Wildman–Crippen LogP) is 1.48. The van der Waals surface area contributed by atoms with Crippen molar-refractivity contribution >= 4 is 15.7 Å². The van der Waals surface area contributed by atoms with Crippen LogP contribution in [-0.2, 0) is 21.2 Å². The molecule has 1 aliphatic rings. The first-order valence-corrected chi connectivity index (χ1v) is 9.45. The molecule has 0 bridgehead atoms. The summed E-state index contributed by atoms with van der Waals surface area (Å²) in [4.78, 5) is 14.5. The Morgan fingerprint density at radius 3 is 2.64 bits per heavy atom. The van der Waals surface area contributed by atoms with E-state index in [-0.39, 0.29) is 11.9 Å². The SMILES string of the molecule is CC(C)S(=O)(=O)C(C)C(=O)N1CCCCC1Cn1cccn1. The predicted molar refractivity (Wildman–Crippen MR) is 85.1 cm³/mol. The molecule has 2 atom stereocenters. The van der Waals surface area contributed by atoms with Crippen molar-refractivity contribution in [3.05, 3.63) is 18.5 Å². The van der Waals surface area contributed by atoms with E-state index in [1.165, 1.54) is 6.92 Å². The molecular formula is C15H25N3O3S. The zero-order chi connectivity index (χ0) is 16.3. The Hall–Kier alpha value is -1.37. The molecule has 2 heterocycles. The summed E-state index contributed by atoms with van der Waals surface area (Å²) in [6, 6.07) is 1.87. The van der Waals surface area contributed by atoms with Gasteiger partial charge in [-0.3, -0.25) is 9.48 Å². The highest BCUT2D eigenvalue weighted by atomic mass is 32.2. The van der Waals surface area contributed by atoms with Gasteiger partial charge in [-0.25, -0.2) is 8.42 Å². The number of nitrogens with zero attached hydrogens (tertiary/aromatic N) is 3. The standard InChI is InChI=1S/C15H25N3O3S/c1-12(2)22(20,21)13(3)15(19)18-10-5-4-7-14(18)11-17-9-6-8-16-17/h6,8-9,12-14H,4-5,7,10-11H2,1-3H3. The van der Waals surface area contributed by atoms with Gasteiger partial charge < -0.3 is 4.90 Å². The molecule has 0 aromatic carbocycles. The quantitative estimate of drug-likeness (QED) is 0.821. The van der Waals surface area contributed by atoms with Gasteiger partial charge in [0.05, 0.1) is 17.8 Å². The van der Waals surface area contributed by atoms with Crippen molar-refractivity contribution in [2.75, 3.05) is 6.54 Å². The summed E-state index contributed by atoms with van der Waals surface area (Å²) in [6.07, 6.45) is 6.45. The molecule has 0 N–H and O–H groups in total. The lowest BCUT2D eigenvalue weighted by atomic mass is 10.0. The molecule has 1 saturated heterocycles. The van der Waals surface area contributed by atoms with Gasteiger partial charge in [-0.2, -0.15) is 5.10 Å². The van der Waals surface area contributed by atoms with E-state index >= 15 is 0 Å². The van der Waals surface area contributed by atoms with Crippen molar-refractivity contribution in [1.82, 2.24) is 14.7 Å². The van der Waals surface area contributed by atoms with Gasteiger partial charge in [-0.1, -0.05) is 0 Å². The maximum atomic E-state index is 12.7. The molecule has 1 aromatic rings. The van der Waals surface area contributed by atoms with Crippen LogP contribution < -0.4 is 0 Å². The number of aromatic nitrogens is 2. The van der Waals surface area contributed by atoms with Gasteiger partial charge in [0.2, 0.25) is 5.91 Å². The molecule has 0 spiro atoms. The lowest BCUT2D eigenvalue weighted by Gasteiger charge is -2.37. The number of hydrogen-bond acceptors (Lipinski definition) is 4. The fraction of sp³-hybridized carbons (Fsp3) is 0.733. The van der Waals surface area contributed by atoms with Gasteiger partial charge in [-0.05, 0) is 46.1 Å². The minimum absolute atomic E-state index is 0.0194. The van der Waals surface area contributed by atoms with E-state index in [4.69, 9.17) is 0 Å². The van der Waals surface area contributed by atoms with Crippen LogP contribution in [-0.4, -0.2) is 52.1 Å². The molecule has 1 fully saturated rings. The third-order valence-electron chi connectivity index (χ3n) is 4.36. The Balaban J connectivity index is 2.14. The minimum atomic E-state index is -3.42. The Morgan fingerprint density at radius 1 is 1.32 bits per heavy atom. The van der Waals surface area contributed by atoms with Crippen LogP contribution in [0.2, 0.25) is 0 Å². The smallest absolute Gasteiger partial charge is 0.240 e. The van der Waals surface area contributed by atoms with E-state index < -0.39 is 20.3 Å². The van der Waals surface area contributed by atoms with Crippen LogP contribution in [0.4, 0.5) is 0 Å². The second-order valence-corrected chi connectivity index (χ2v) is 9.02. The molecule has 1 aliphatic heterocycles. The summed E-state index contributed by atoms with van der Waals surface area (Å²) in [5, 5.41) is 2.66. The van der Waals surface area contributed by atoms with Crippen molar-refractivity contribution in [2.45, 2.75) is 63.1 Å². The summed E-state index contributed by atoms with van der Waals surface area (Å²) in [6.45, 7) is 6.00. The molecule has 2 unspecified atom stereocenters. The van der Waals surface area contributed by atoms with Crippen LogP contribution in [0.3, 0.4) is 0 Å². The van der Waals surface area contributed by atoms with Crippen molar-refractivity contribution in [2.24, 2.45) is 0 Å². The fourth-order valence-corrected chi connectivity index (χ4v) is 4.12. The molecular weight excluding hydrogens is 302 g/mol. The highest BCUT2D eigenvalue weighted by Crippen LogP contribution is 2.22. The number of carbonyl (C=O) groups is 1. The average molecular weight is 327 g/mol. The van der Waals surface area contributed by atoms with Gasteiger partial charge >= 0.3 is 0 Å². The van der Waals surface area contributed by atoms with E-state index in [9.17, 15) is 13.2 Å². The summed E-state index contributed by atoms with van der Waals surface area (Å²) in [5.41, 5.74) is 0. The van der Waals surface area contributed by atoms with Crippen molar-refractivity contribution < 1.29 is 13.2 Å². The summed E-state index contributed by atoms with van der Waals surface area (Å²) >= 11 is 0. The largest absolute Gasteiger partial charge is 0.337 e. The van der Waals surface area contributed by atoms with Gasteiger partial charge in [0.15, 0.2) is 9.84 Å². The van der Waals surface area contributed by atoms with Gasteiger partial charge in [0.25, 0.3) is 0 Å². The first-order valence-electron chi connectivity index (χ1n) is 7.84. The number of amides is 1. The second kappa shape index (κ2) is 6.81. The highest BCUT2D eigenvalue weighted by Gasteiger charge is 2.37. The summed E-state index contributed by atoms with van der Waals surface area (Å²) in [7, 11) is -3.42. The van der Waals surface area contributed by atoms with E-state index in [1.54, 1.807) is 29.6 Å². The topological polar surface area (TPSA) is 72.3 Å². The van der Waals surface area contributed by atoms with Gasteiger partial charge in [0, 0.05) is 18.9 Å². The number of hydrogen-bond donors (Lipinski definition) is 0. The first-order chi connectivity index (χ1) is 10.3. The Bertz CT molecular complexity index is 596. The van der Waals surface area contributed by atoms with E-state index in [0.717, 1.165) is 19.3 Å². The van der Waals surface area contributed by atoms with Gasteiger partial charge in [0.1, 0.15) is 5.25 Å². The third kappa shape index (κ3) is 3.51. The number of likely N-dealkylation sites (tertiary alicyclic amines) is 1. The molecule has 6 nitrogen and oxygen atoms in total. The molecule has 1 amide bonds. The van der Waals surface area contributed by atoms with Crippen molar-refractivity contribution in [3.8, 4) is 0 Å². The zero-order valence-corrected chi connectivity index (χ0v) is 14.3. The minimum Gasteiger partial charge on any atom is -0.337 e. The maximum absolute atomic E-state index is 12.7. The zero-order valence-electron chi connectivity index (χ0n) is 13.5. The maximum Gasteiger partial charge on any atom is 0.240 e. The monoisotopic (exact) mass is 327 g/mol.